The van der Waals surface area contributed by atoms with Gasteiger partial charge in [-0.3, -0.25) is 4.79 Å². The lowest BCUT2D eigenvalue weighted by Gasteiger charge is -2.27. The van der Waals surface area contributed by atoms with Crippen LogP contribution in [0.2, 0.25) is 0 Å². The van der Waals surface area contributed by atoms with E-state index in [0.717, 1.165) is 19.5 Å². The first-order chi connectivity index (χ1) is 13.2. The third kappa shape index (κ3) is 2.81. The zero-order valence-corrected chi connectivity index (χ0v) is 15.5. The second kappa shape index (κ2) is 6.31. The van der Waals surface area contributed by atoms with Crippen molar-refractivity contribution in [1.29, 1.82) is 0 Å². The van der Waals surface area contributed by atoms with Crippen LogP contribution in [0, 0.1) is 6.92 Å². The van der Waals surface area contributed by atoms with Crippen molar-refractivity contribution in [2.24, 2.45) is 0 Å². The molecule has 0 spiro atoms. The summed E-state index contributed by atoms with van der Waals surface area (Å²) in [5.41, 5.74) is 6.20. The maximum atomic E-state index is 12.9. The van der Waals surface area contributed by atoms with Gasteiger partial charge in [0.05, 0.1) is 0 Å². The number of nitrogens with zero attached hydrogens (tertiary/aromatic N) is 2. The van der Waals surface area contributed by atoms with E-state index in [4.69, 9.17) is 0 Å². The van der Waals surface area contributed by atoms with E-state index in [9.17, 15) is 4.79 Å². The Hall–Kier alpha value is -3.01. The van der Waals surface area contributed by atoms with Crippen LogP contribution in [-0.2, 0) is 24.3 Å². The molecular weight excluding hydrogens is 334 g/mol. The van der Waals surface area contributed by atoms with E-state index in [2.05, 4.69) is 71.2 Å². The molecule has 0 saturated carbocycles. The first kappa shape index (κ1) is 16.2. The maximum absolute atomic E-state index is 12.9. The Morgan fingerprint density at radius 2 is 2.04 bits per heavy atom. The number of para-hydroxylation sites is 1. The summed E-state index contributed by atoms with van der Waals surface area (Å²) < 4.78 is 2.19. The lowest BCUT2D eigenvalue weighted by Crippen LogP contribution is -2.36. The fraction of sp³-hybridized carbons (Fsp3) is 0.261. The first-order valence-corrected chi connectivity index (χ1v) is 9.61. The van der Waals surface area contributed by atoms with Gasteiger partial charge >= 0.3 is 0 Å². The summed E-state index contributed by atoms with van der Waals surface area (Å²) in [7, 11) is 0. The Balaban J connectivity index is 1.31. The van der Waals surface area contributed by atoms with Crippen molar-refractivity contribution in [1.82, 2.24) is 14.5 Å². The molecule has 0 aliphatic carbocycles. The molecule has 1 amide bonds. The summed E-state index contributed by atoms with van der Waals surface area (Å²) in [6, 6.07) is 17.0. The number of amides is 1. The van der Waals surface area contributed by atoms with Gasteiger partial charge < -0.3 is 14.5 Å². The molecule has 4 aromatic rings. The average Bonchev–Trinajstić information content (AvgIpc) is 3.26. The highest BCUT2D eigenvalue weighted by Crippen LogP contribution is 2.28. The van der Waals surface area contributed by atoms with Gasteiger partial charge in [-0.1, -0.05) is 29.8 Å². The third-order valence-corrected chi connectivity index (χ3v) is 5.73. The molecule has 27 heavy (non-hydrogen) atoms. The van der Waals surface area contributed by atoms with Crippen LogP contribution in [0.4, 0.5) is 0 Å². The van der Waals surface area contributed by atoms with Crippen LogP contribution >= 0.6 is 0 Å². The number of hydrogen-bond donors (Lipinski definition) is 1. The summed E-state index contributed by atoms with van der Waals surface area (Å²) in [4.78, 5) is 18.4. The maximum Gasteiger partial charge on any atom is 0.224 e. The standard InChI is InChI=1S/C23H23N3O/c1-16-6-7-22-17(14-16)8-11-25(22)13-10-23(27)26-12-9-21-19(15-26)18-4-2-3-5-20(18)24-21/h2-8,11,14,24H,9-10,12-13,15H2,1H3. The number of fused-ring (bicyclic) bond motifs is 4. The highest BCUT2D eigenvalue weighted by atomic mass is 16.2. The highest BCUT2D eigenvalue weighted by molar-refractivity contribution is 5.86. The van der Waals surface area contributed by atoms with E-state index < -0.39 is 0 Å². The Morgan fingerprint density at radius 3 is 2.96 bits per heavy atom. The number of benzene rings is 2. The lowest BCUT2D eigenvalue weighted by molar-refractivity contribution is -0.132. The van der Waals surface area contributed by atoms with Crippen molar-refractivity contribution >= 4 is 27.7 Å². The molecule has 5 rings (SSSR count). The summed E-state index contributed by atoms with van der Waals surface area (Å²) in [6.45, 7) is 4.34. The monoisotopic (exact) mass is 357 g/mol. The van der Waals surface area contributed by atoms with Gasteiger partial charge in [0.2, 0.25) is 5.91 Å². The summed E-state index contributed by atoms with van der Waals surface area (Å²) in [5, 5.41) is 2.49. The lowest BCUT2D eigenvalue weighted by atomic mass is 10.0. The van der Waals surface area contributed by atoms with Gasteiger partial charge in [-0.15, -0.1) is 0 Å². The molecule has 136 valence electrons. The van der Waals surface area contributed by atoms with Crippen molar-refractivity contribution < 1.29 is 4.79 Å². The van der Waals surface area contributed by atoms with Crippen molar-refractivity contribution in [2.75, 3.05) is 6.54 Å². The zero-order valence-electron chi connectivity index (χ0n) is 15.5. The molecule has 2 aromatic carbocycles. The molecule has 0 unspecified atom stereocenters. The zero-order chi connectivity index (χ0) is 18.4. The molecule has 4 heteroatoms. The molecule has 0 bridgehead atoms. The minimum atomic E-state index is 0.236. The Morgan fingerprint density at radius 1 is 1.15 bits per heavy atom. The Labute approximate surface area is 158 Å². The van der Waals surface area contributed by atoms with Crippen LogP contribution in [0.1, 0.15) is 23.2 Å². The Kier molecular flexibility index (Phi) is 3.78. The number of carbonyl (C=O) groups excluding carboxylic acids is 1. The second-order valence-electron chi connectivity index (χ2n) is 7.51. The van der Waals surface area contributed by atoms with Crippen LogP contribution in [0.3, 0.4) is 0 Å². The molecule has 4 nitrogen and oxygen atoms in total. The molecule has 3 heterocycles. The third-order valence-electron chi connectivity index (χ3n) is 5.73. The number of aromatic nitrogens is 2. The SMILES string of the molecule is Cc1ccc2c(ccn2CCC(=O)N2CCc3[nH]c4ccccc4c3C2)c1. The van der Waals surface area contributed by atoms with Crippen LogP contribution < -0.4 is 0 Å². The predicted molar refractivity (Wildman–Crippen MR) is 109 cm³/mol. The Bertz CT molecular complexity index is 1150. The van der Waals surface area contributed by atoms with Crippen LogP contribution in [0.25, 0.3) is 21.8 Å². The number of nitrogens with one attached hydrogen (secondary N) is 1. The predicted octanol–water partition coefficient (Wildman–Crippen LogP) is 4.41. The van der Waals surface area contributed by atoms with Crippen molar-refractivity contribution in [2.45, 2.75) is 32.9 Å². The van der Waals surface area contributed by atoms with Crippen LogP contribution in [-0.4, -0.2) is 26.9 Å². The summed E-state index contributed by atoms with van der Waals surface area (Å²) >= 11 is 0. The van der Waals surface area contributed by atoms with Gasteiger partial charge in [0.1, 0.15) is 0 Å². The molecule has 1 aliphatic heterocycles. The van der Waals surface area contributed by atoms with Crippen LogP contribution in [0.5, 0.6) is 0 Å². The van der Waals surface area contributed by atoms with E-state index in [0.29, 0.717) is 13.0 Å². The largest absolute Gasteiger partial charge is 0.358 e. The number of carbonyl (C=O) groups is 1. The topological polar surface area (TPSA) is 41.0 Å². The number of H-pyrrole nitrogens is 1. The van der Waals surface area contributed by atoms with Crippen molar-refractivity contribution in [3.8, 4) is 0 Å². The van der Waals surface area contributed by atoms with Crippen LogP contribution in [0.15, 0.2) is 54.7 Å². The quantitative estimate of drug-likeness (QED) is 0.580. The van der Waals surface area contributed by atoms with Gasteiger partial charge in [0.15, 0.2) is 0 Å². The fourth-order valence-corrected chi connectivity index (χ4v) is 4.27. The first-order valence-electron chi connectivity index (χ1n) is 9.61. The minimum absolute atomic E-state index is 0.236. The number of aryl methyl sites for hydroxylation is 2. The van der Waals surface area contributed by atoms with Gasteiger partial charge in [-0.2, -0.15) is 0 Å². The molecule has 0 atom stereocenters. The summed E-state index contributed by atoms with van der Waals surface area (Å²) in [6.07, 6.45) is 3.53. The number of aromatic amines is 1. The van der Waals surface area contributed by atoms with Gasteiger partial charge in [-0.05, 0) is 36.6 Å². The fourth-order valence-electron chi connectivity index (χ4n) is 4.27. The molecule has 1 aliphatic rings. The van der Waals surface area contributed by atoms with E-state index in [-0.39, 0.29) is 5.91 Å². The molecule has 0 fully saturated rings. The van der Waals surface area contributed by atoms with Gasteiger partial charge in [0.25, 0.3) is 0 Å². The molecule has 2 aromatic heterocycles. The number of rotatable bonds is 3. The molecule has 1 N–H and O–H groups in total. The number of hydrogen-bond acceptors (Lipinski definition) is 1. The van der Waals surface area contributed by atoms with E-state index >= 15 is 0 Å². The van der Waals surface area contributed by atoms with Crippen molar-refractivity contribution in [3.63, 3.8) is 0 Å². The highest BCUT2D eigenvalue weighted by Gasteiger charge is 2.23. The minimum Gasteiger partial charge on any atom is -0.358 e. The van der Waals surface area contributed by atoms with E-state index in [1.807, 2.05) is 4.90 Å². The van der Waals surface area contributed by atoms with Crippen molar-refractivity contribution in [3.05, 3.63) is 71.5 Å². The van der Waals surface area contributed by atoms with E-state index in [1.54, 1.807) is 0 Å². The van der Waals surface area contributed by atoms with E-state index in [1.165, 1.54) is 38.6 Å². The average molecular weight is 357 g/mol. The summed E-state index contributed by atoms with van der Waals surface area (Å²) in [5.74, 6) is 0.236. The normalized spacial score (nSPS) is 14.0. The second-order valence-corrected chi connectivity index (χ2v) is 7.51. The van der Waals surface area contributed by atoms with Gasteiger partial charge in [0, 0.05) is 66.3 Å². The smallest absolute Gasteiger partial charge is 0.224 e. The molecular formula is C23H23N3O. The van der Waals surface area contributed by atoms with Gasteiger partial charge in [-0.25, -0.2) is 0 Å². The molecule has 0 radical (unpaired) electrons. The molecule has 0 saturated heterocycles.